The van der Waals surface area contributed by atoms with E-state index in [9.17, 15) is 4.79 Å². The first-order valence-corrected chi connectivity index (χ1v) is 9.87. The van der Waals surface area contributed by atoms with Crippen molar-refractivity contribution in [1.82, 2.24) is 10.2 Å². The lowest BCUT2D eigenvalue weighted by atomic mass is 9.64. The molecule has 0 bridgehead atoms. The highest BCUT2D eigenvalue weighted by molar-refractivity contribution is 7.98. The Morgan fingerprint density at radius 3 is 2.63 bits per heavy atom. The number of rotatable bonds is 6. The second-order valence-corrected chi connectivity index (χ2v) is 7.72. The van der Waals surface area contributed by atoms with E-state index in [4.69, 9.17) is 20.4 Å². The fourth-order valence-electron chi connectivity index (χ4n) is 3.19. The number of hydrogen-bond donors (Lipinski definition) is 0. The van der Waals surface area contributed by atoms with Gasteiger partial charge in [-0.15, -0.1) is 10.2 Å². The first kappa shape index (κ1) is 18.1. The molecule has 140 valence electrons. The molecule has 2 heterocycles. The maximum absolute atomic E-state index is 11.4. The van der Waals surface area contributed by atoms with E-state index in [0.717, 1.165) is 24.8 Å². The number of carbonyl (C=O) groups excluding carboxylic acids is 1. The second-order valence-electron chi connectivity index (χ2n) is 6.36. The topological polar surface area (TPSA) is 78.4 Å². The minimum Gasteiger partial charge on any atom is -0.463 e. The molecule has 1 aliphatic rings. The van der Waals surface area contributed by atoms with E-state index in [1.54, 1.807) is 12.1 Å². The van der Waals surface area contributed by atoms with E-state index in [1.807, 2.05) is 24.3 Å². The summed E-state index contributed by atoms with van der Waals surface area (Å²) < 4.78 is 16.0. The van der Waals surface area contributed by atoms with Gasteiger partial charge in [0.15, 0.2) is 0 Å². The van der Waals surface area contributed by atoms with E-state index in [-0.39, 0.29) is 11.2 Å². The minimum atomic E-state index is -0.499. The summed E-state index contributed by atoms with van der Waals surface area (Å²) in [6, 6.07) is 11.1. The Kier molecular flexibility index (Phi) is 4.97. The largest absolute Gasteiger partial charge is 0.463 e. The van der Waals surface area contributed by atoms with Gasteiger partial charge in [0, 0.05) is 5.02 Å². The standard InChI is InChI=1S/C19H17ClN2O4S/c1-24-16(23)15-8-7-14(25-15)11-27-18-22-21-17(26-18)19(9-2-10-19)12-3-5-13(20)6-4-12/h3-8H,2,9-11H2,1H3. The van der Waals surface area contributed by atoms with Crippen LogP contribution in [0.15, 0.2) is 50.5 Å². The SMILES string of the molecule is COC(=O)c1ccc(CSc2nnc(C3(c4ccc(Cl)cc4)CCC3)o2)o1. The number of benzene rings is 1. The van der Waals surface area contributed by atoms with Crippen LogP contribution in [0.5, 0.6) is 0 Å². The minimum absolute atomic E-state index is 0.176. The summed E-state index contributed by atoms with van der Waals surface area (Å²) in [5, 5.41) is 9.64. The molecule has 4 rings (SSSR count). The van der Waals surface area contributed by atoms with Gasteiger partial charge in [-0.3, -0.25) is 0 Å². The first-order chi connectivity index (χ1) is 13.1. The van der Waals surface area contributed by atoms with Crippen LogP contribution in [0.2, 0.25) is 5.02 Å². The third kappa shape index (κ3) is 3.49. The molecule has 0 amide bonds. The Balaban J connectivity index is 1.47. The summed E-state index contributed by atoms with van der Waals surface area (Å²) in [6.45, 7) is 0. The summed E-state index contributed by atoms with van der Waals surface area (Å²) in [6.07, 6.45) is 3.07. The number of methoxy groups -OCH3 is 1. The summed E-state index contributed by atoms with van der Waals surface area (Å²) in [5.74, 6) is 1.42. The average Bonchev–Trinajstić information content (AvgIpc) is 3.30. The molecular formula is C19H17ClN2O4S. The number of aromatic nitrogens is 2. The fourth-order valence-corrected chi connectivity index (χ4v) is 3.97. The van der Waals surface area contributed by atoms with E-state index >= 15 is 0 Å². The van der Waals surface area contributed by atoms with Crippen LogP contribution >= 0.6 is 23.4 Å². The van der Waals surface area contributed by atoms with Crippen molar-refractivity contribution >= 4 is 29.3 Å². The van der Waals surface area contributed by atoms with Gasteiger partial charge in [-0.25, -0.2) is 4.79 Å². The predicted molar refractivity (Wildman–Crippen MR) is 100.0 cm³/mol. The molecule has 3 aromatic rings. The van der Waals surface area contributed by atoms with Gasteiger partial charge in [0.2, 0.25) is 11.7 Å². The van der Waals surface area contributed by atoms with Crippen LogP contribution < -0.4 is 0 Å². The maximum Gasteiger partial charge on any atom is 0.373 e. The number of esters is 1. The lowest BCUT2D eigenvalue weighted by molar-refractivity contribution is 0.0563. The smallest absolute Gasteiger partial charge is 0.373 e. The molecule has 8 heteroatoms. The van der Waals surface area contributed by atoms with Crippen LogP contribution in [0.3, 0.4) is 0 Å². The molecule has 1 aliphatic carbocycles. The van der Waals surface area contributed by atoms with Gasteiger partial charge in [0.1, 0.15) is 5.76 Å². The normalized spacial score (nSPS) is 15.3. The number of furan rings is 1. The van der Waals surface area contributed by atoms with Gasteiger partial charge < -0.3 is 13.6 Å². The molecule has 0 radical (unpaired) electrons. The number of thioether (sulfide) groups is 1. The fraction of sp³-hybridized carbons (Fsp3) is 0.316. The van der Waals surface area contributed by atoms with E-state index < -0.39 is 5.97 Å². The van der Waals surface area contributed by atoms with Crippen molar-refractivity contribution in [1.29, 1.82) is 0 Å². The molecule has 0 spiro atoms. The first-order valence-electron chi connectivity index (χ1n) is 8.50. The van der Waals surface area contributed by atoms with Crippen molar-refractivity contribution in [3.8, 4) is 0 Å². The number of ether oxygens (including phenoxy) is 1. The molecule has 6 nitrogen and oxygen atoms in total. The van der Waals surface area contributed by atoms with Crippen molar-refractivity contribution in [3.63, 3.8) is 0 Å². The average molecular weight is 405 g/mol. The summed E-state index contributed by atoms with van der Waals surface area (Å²) in [5.41, 5.74) is 0.922. The van der Waals surface area contributed by atoms with Crippen molar-refractivity contribution in [3.05, 3.63) is 64.4 Å². The summed E-state index contributed by atoms with van der Waals surface area (Å²) >= 11 is 7.38. The quantitative estimate of drug-likeness (QED) is 0.428. The molecule has 0 saturated heterocycles. The van der Waals surface area contributed by atoms with Crippen molar-refractivity contribution < 1.29 is 18.4 Å². The molecule has 1 saturated carbocycles. The molecule has 1 fully saturated rings. The Hall–Kier alpha value is -2.25. The maximum atomic E-state index is 11.4. The van der Waals surface area contributed by atoms with Gasteiger partial charge in [-0.2, -0.15) is 0 Å². The van der Waals surface area contributed by atoms with Gasteiger partial charge in [-0.05, 0) is 42.7 Å². The van der Waals surface area contributed by atoms with Gasteiger partial charge in [0.25, 0.3) is 5.22 Å². The van der Waals surface area contributed by atoms with Crippen LogP contribution in [0.1, 0.15) is 47.0 Å². The Morgan fingerprint density at radius 1 is 1.19 bits per heavy atom. The molecule has 0 atom stereocenters. The number of nitrogens with zero attached hydrogens (tertiary/aromatic N) is 2. The monoisotopic (exact) mass is 404 g/mol. The highest BCUT2D eigenvalue weighted by Crippen LogP contribution is 2.49. The van der Waals surface area contributed by atoms with Crippen molar-refractivity contribution in [2.75, 3.05) is 7.11 Å². The second kappa shape index (κ2) is 7.40. The van der Waals surface area contributed by atoms with E-state index in [0.29, 0.717) is 27.6 Å². The zero-order valence-corrected chi connectivity index (χ0v) is 16.2. The predicted octanol–water partition coefficient (Wildman–Crippen LogP) is 4.86. The highest BCUT2D eigenvalue weighted by atomic mass is 35.5. The lowest BCUT2D eigenvalue weighted by Crippen LogP contribution is -2.35. The van der Waals surface area contributed by atoms with Crippen LogP contribution in [-0.2, 0) is 15.9 Å². The number of hydrogen-bond acceptors (Lipinski definition) is 7. The zero-order chi connectivity index (χ0) is 18.9. The van der Waals surface area contributed by atoms with Crippen molar-refractivity contribution in [2.45, 2.75) is 35.7 Å². The highest BCUT2D eigenvalue weighted by Gasteiger charge is 2.45. The van der Waals surface area contributed by atoms with Crippen molar-refractivity contribution in [2.24, 2.45) is 0 Å². The van der Waals surface area contributed by atoms with Crippen LogP contribution in [0.4, 0.5) is 0 Å². The Morgan fingerprint density at radius 2 is 1.96 bits per heavy atom. The van der Waals surface area contributed by atoms with Gasteiger partial charge in [-0.1, -0.05) is 41.9 Å². The summed E-state index contributed by atoms with van der Waals surface area (Å²) in [7, 11) is 1.32. The molecule has 0 aliphatic heterocycles. The molecule has 0 N–H and O–H groups in total. The third-order valence-electron chi connectivity index (χ3n) is 4.81. The van der Waals surface area contributed by atoms with Gasteiger partial charge >= 0.3 is 5.97 Å². The Bertz CT molecular complexity index is 947. The van der Waals surface area contributed by atoms with E-state index in [2.05, 4.69) is 14.9 Å². The summed E-state index contributed by atoms with van der Waals surface area (Å²) in [4.78, 5) is 11.4. The van der Waals surface area contributed by atoms with Crippen LogP contribution in [0.25, 0.3) is 0 Å². The molecule has 2 aromatic heterocycles. The zero-order valence-electron chi connectivity index (χ0n) is 14.6. The lowest BCUT2D eigenvalue weighted by Gasteiger charge is -2.39. The molecule has 27 heavy (non-hydrogen) atoms. The number of carbonyl (C=O) groups is 1. The van der Waals surface area contributed by atoms with Crippen LogP contribution in [0, 0.1) is 0 Å². The van der Waals surface area contributed by atoms with Gasteiger partial charge in [0.05, 0.1) is 18.3 Å². The molecule has 0 unspecified atom stereocenters. The molecule has 1 aromatic carbocycles. The van der Waals surface area contributed by atoms with Crippen LogP contribution in [-0.4, -0.2) is 23.3 Å². The number of halogens is 1. The Labute approximate surface area is 165 Å². The third-order valence-corrected chi connectivity index (χ3v) is 5.90. The van der Waals surface area contributed by atoms with E-state index in [1.165, 1.54) is 18.9 Å². The molecular weight excluding hydrogens is 388 g/mol.